The molecule has 0 aliphatic rings. The zero-order valence-electron chi connectivity index (χ0n) is 11.9. The van der Waals surface area contributed by atoms with E-state index in [0.717, 1.165) is 18.5 Å². The highest BCUT2D eigenvalue weighted by molar-refractivity contribution is 5.66. The molecule has 0 saturated carbocycles. The van der Waals surface area contributed by atoms with Gasteiger partial charge in [0.25, 0.3) is 0 Å². The van der Waals surface area contributed by atoms with Crippen LogP contribution in [0, 0.1) is 11.8 Å². The van der Waals surface area contributed by atoms with Gasteiger partial charge in [-0.25, -0.2) is 0 Å². The van der Waals surface area contributed by atoms with Crippen molar-refractivity contribution in [3.05, 3.63) is 48.6 Å². The molecule has 0 fully saturated rings. The molecule has 2 unspecified atom stereocenters. The van der Waals surface area contributed by atoms with Gasteiger partial charge in [0, 0.05) is 5.69 Å². The lowest BCUT2D eigenvalue weighted by atomic mass is 9.80. The van der Waals surface area contributed by atoms with Crippen molar-refractivity contribution in [3.8, 4) is 0 Å². The first kappa shape index (κ1) is 14.6. The summed E-state index contributed by atoms with van der Waals surface area (Å²) in [6, 6.07) is 7.99. The van der Waals surface area contributed by atoms with E-state index in [4.69, 9.17) is 5.73 Å². The molecule has 1 aromatic carbocycles. The lowest BCUT2D eigenvalue weighted by Crippen LogP contribution is -2.12. The molecule has 98 valence electrons. The third-order valence-corrected chi connectivity index (χ3v) is 3.67. The largest absolute Gasteiger partial charge is 0.399 e. The molecule has 2 N–H and O–H groups in total. The van der Waals surface area contributed by atoms with Crippen LogP contribution in [0.3, 0.4) is 0 Å². The Balaban J connectivity index is 2.81. The van der Waals surface area contributed by atoms with Crippen molar-refractivity contribution in [1.29, 1.82) is 0 Å². The van der Waals surface area contributed by atoms with E-state index in [1.807, 2.05) is 12.1 Å². The smallest absolute Gasteiger partial charge is 0.0314 e. The summed E-state index contributed by atoms with van der Waals surface area (Å²) in [5.41, 5.74) is 10.2. The Labute approximate surface area is 111 Å². The monoisotopic (exact) mass is 243 g/mol. The second-order valence-electron chi connectivity index (χ2n) is 5.27. The van der Waals surface area contributed by atoms with Crippen molar-refractivity contribution in [2.75, 3.05) is 5.73 Å². The van der Waals surface area contributed by atoms with E-state index in [1.165, 1.54) is 16.7 Å². The number of hydrogen-bond acceptors (Lipinski definition) is 1. The fourth-order valence-electron chi connectivity index (χ4n) is 2.37. The molecule has 1 nitrogen and oxygen atoms in total. The van der Waals surface area contributed by atoms with Crippen LogP contribution in [0.5, 0.6) is 0 Å². The highest BCUT2D eigenvalue weighted by Gasteiger charge is 2.19. The molecule has 18 heavy (non-hydrogen) atoms. The van der Waals surface area contributed by atoms with Gasteiger partial charge in [-0.15, -0.1) is 6.58 Å². The Morgan fingerprint density at radius 1 is 1.22 bits per heavy atom. The second-order valence-corrected chi connectivity index (χ2v) is 5.27. The average molecular weight is 243 g/mol. The van der Waals surface area contributed by atoms with Gasteiger partial charge in [0.1, 0.15) is 0 Å². The lowest BCUT2D eigenvalue weighted by molar-refractivity contribution is 0.414. The summed E-state index contributed by atoms with van der Waals surface area (Å²) in [5, 5.41) is 0. The molecule has 1 heteroatoms. The zero-order valence-corrected chi connectivity index (χ0v) is 11.9. The van der Waals surface area contributed by atoms with E-state index < -0.39 is 0 Å². The van der Waals surface area contributed by atoms with Crippen molar-refractivity contribution < 1.29 is 0 Å². The molecule has 0 amide bonds. The molecule has 1 rings (SSSR count). The third kappa shape index (κ3) is 3.76. The number of nitrogen functional groups attached to an aromatic ring is 1. The molecule has 2 atom stereocenters. The Bertz CT molecular complexity index is 414. The van der Waals surface area contributed by atoms with Gasteiger partial charge in [0.15, 0.2) is 0 Å². The van der Waals surface area contributed by atoms with Crippen LogP contribution < -0.4 is 5.73 Å². The zero-order chi connectivity index (χ0) is 13.7. The SMILES string of the molecule is C=C(C)CC(CC)C(C)C(=C)c1ccc(N)cc1. The maximum Gasteiger partial charge on any atom is 0.0314 e. The second kappa shape index (κ2) is 6.44. The summed E-state index contributed by atoms with van der Waals surface area (Å²) in [6.45, 7) is 14.9. The van der Waals surface area contributed by atoms with Crippen LogP contribution in [0.25, 0.3) is 5.57 Å². The van der Waals surface area contributed by atoms with E-state index in [1.54, 1.807) is 0 Å². The summed E-state index contributed by atoms with van der Waals surface area (Å²) in [4.78, 5) is 0. The highest BCUT2D eigenvalue weighted by atomic mass is 14.5. The molecule has 0 aliphatic carbocycles. The topological polar surface area (TPSA) is 26.0 Å². The van der Waals surface area contributed by atoms with Gasteiger partial charge in [-0.1, -0.05) is 44.6 Å². The predicted octanol–water partition coefficient (Wildman–Crippen LogP) is 4.91. The standard InChI is InChI=1S/C17H25N/c1-6-15(11-12(2)3)13(4)14(5)16-7-9-17(18)10-8-16/h7-10,13,15H,2,5-6,11,18H2,1,3-4H3. The average Bonchev–Trinajstić information content (AvgIpc) is 2.35. The van der Waals surface area contributed by atoms with Crippen LogP contribution in [0.1, 0.15) is 39.2 Å². The van der Waals surface area contributed by atoms with E-state index in [-0.39, 0.29) is 0 Å². The highest BCUT2D eigenvalue weighted by Crippen LogP contribution is 2.33. The van der Waals surface area contributed by atoms with E-state index in [9.17, 15) is 0 Å². The van der Waals surface area contributed by atoms with Crippen LogP contribution in [0.15, 0.2) is 43.0 Å². The molecule has 0 aromatic heterocycles. The molecule has 0 saturated heterocycles. The summed E-state index contributed by atoms with van der Waals surface area (Å²) >= 11 is 0. The van der Waals surface area contributed by atoms with Gasteiger partial charge < -0.3 is 5.73 Å². The van der Waals surface area contributed by atoms with Crippen LogP contribution >= 0.6 is 0 Å². The molecule has 1 aromatic rings. The van der Waals surface area contributed by atoms with Crippen molar-refractivity contribution >= 4 is 11.3 Å². The third-order valence-electron chi connectivity index (χ3n) is 3.67. The molecule has 0 bridgehead atoms. The minimum Gasteiger partial charge on any atom is -0.399 e. The van der Waals surface area contributed by atoms with Crippen LogP contribution in [-0.2, 0) is 0 Å². The number of allylic oxidation sites excluding steroid dienone is 2. The van der Waals surface area contributed by atoms with E-state index in [2.05, 4.69) is 46.1 Å². The summed E-state index contributed by atoms with van der Waals surface area (Å²) in [5.74, 6) is 1.09. The number of benzene rings is 1. The Morgan fingerprint density at radius 3 is 2.22 bits per heavy atom. The van der Waals surface area contributed by atoms with Crippen LogP contribution in [0.4, 0.5) is 5.69 Å². The van der Waals surface area contributed by atoms with Gasteiger partial charge in [-0.3, -0.25) is 0 Å². The summed E-state index contributed by atoms with van der Waals surface area (Å²) in [6.07, 6.45) is 2.23. The van der Waals surface area contributed by atoms with Crippen molar-refractivity contribution in [1.82, 2.24) is 0 Å². The van der Waals surface area contributed by atoms with E-state index >= 15 is 0 Å². The van der Waals surface area contributed by atoms with Gasteiger partial charge in [0.2, 0.25) is 0 Å². The number of anilines is 1. The van der Waals surface area contributed by atoms with Gasteiger partial charge in [-0.05, 0) is 48.4 Å². The molecule has 0 radical (unpaired) electrons. The number of nitrogens with two attached hydrogens (primary N) is 1. The van der Waals surface area contributed by atoms with Crippen molar-refractivity contribution in [3.63, 3.8) is 0 Å². The maximum absolute atomic E-state index is 5.71. The molecular weight excluding hydrogens is 218 g/mol. The number of rotatable bonds is 6. The van der Waals surface area contributed by atoms with Gasteiger partial charge >= 0.3 is 0 Å². The first-order valence-electron chi connectivity index (χ1n) is 6.64. The molecule has 0 spiro atoms. The number of hydrogen-bond donors (Lipinski definition) is 1. The first-order valence-corrected chi connectivity index (χ1v) is 6.64. The first-order chi connectivity index (χ1) is 8.45. The van der Waals surface area contributed by atoms with Crippen molar-refractivity contribution in [2.45, 2.75) is 33.6 Å². The molecule has 0 heterocycles. The minimum absolute atomic E-state index is 0.468. The lowest BCUT2D eigenvalue weighted by Gasteiger charge is -2.25. The predicted molar refractivity (Wildman–Crippen MR) is 82.3 cm³/mol. The van der Waals surface area contributed by atoms with Gasteiger partial charge in [-0.2, -0.15) is 0 Å². The Kier molecular flexibility index (Phi) is 5.21. The quantitative estimate of drug-likeness (QED) is 0.557. The normalized spacial score (nSPS) is 13.9. The van der Waals surface area contributed by atoms with Gasteiger partial charge in [0.05, 0.1) is 0 Å². The minimum atomic E-state index is 0.468. The Morgan fingerprint density at radius 2 is 1.78 bits per heavy atom. The van der Waals surface area contributed by atoms with Crippen LogP contribution in [0.2, 0.25) is 0 Å². The summed E-state index contributed by atoms with van der Waals surface area (Å²) < 4.78 is 0. The molecular formula is C17H25N. The van der Waals surface area contributed by atoms with Crippen LogP contribution in [-0.4, -0.2) is 0 Å². The fourth-order valence-corrected chi connectivity index (χ4v) is 2.37. The fraction of sp³-hybridized carbons (Fsp3) is 0.412. The van der Waals surface area contributed by atoms with E-state index in [0.29, 0.717) is 11.8 Å². The summed E-state index contributed by atoms with van der Waals surface area (Å²) in [7, 11) is 0. The Hall–Kier alpha value is -1.50. The van der Waals surface area contributed by atoms with Crippen molar-refractivity contribution in [2.24, 2.45) is 11.8 Å². The maximum atomic E-state index is 5.71. The molecule has 0 aliphatic heterocycles.